The molecule has 1 saturated heterocycles. The summed E-state index contributed by atoms with van der Waals surface area (Å²) in [5.41, 5.74) is 1.49. The summed E-state index contributed by atoms with van der Waals surface area (Å²) in [4.78, 5) is 31.3. The van der Waals surface area contributed by atoms with Gasteiger partial charge in [0.15, 0.2) is 0 Å². The average Bonchev–Trinajstić information content (AvgIpc) is 2.71. The topological polar surface area (TPSA) is 64.4 Å². The van der Waals surface area contributed by atoms with Gasteiger partial charge in [0.2, 0.25) is 5.91 Å². The largest absolute Gasteiger partial charge is 0.370 e. The molecule has 0 aliphatic carbocycles. The number of hydrogen-bond donors (Lipinski definition) is 0. The van der Waals surface area contributed by atoms with E-state index in [-0.39, 0.29) is 24.1 Å². The quantitative estimate of drug-likeness (QED) is 0.725. The van der Waals surface area contributed by atoms with Gasteiger partial charge >= 0.3 is 0 Å². The Labute approximate surface area is 150 Å². The zero-order valence-corrected chi connectivity index (χ0v) is 14.2. The van der Waals surface area contributed by atoms with Crippen LogP contribution in [0.3, 0.4) is 0 Å². The molecule has 0 bridgehead atoms. The van der Waals surface area contributed by atoms with Gasteiger partial charge in [-0.2, -0.15) is 0 Å². The molecule has 1 aromatic heterocycles. The SMILES string of the molecule is O=C(Cn1cnc2ccccc2c1=O)N1CCO[C@@H](c2ccccc2)C1. The molecular formula is C20H19N3O3. The van der Waals surface area contributed by atoms with E-state index in [2.05, 4.69) is 4.98 Å². The monoisotopic (exact) mass is 349 g/mol. The summed E-state index contributed by atoms with van der Waals surface area (Å²) in [7, 11) is 0. The zero-order valence-electron chi connectivity index (χ0n) is 14.2. The Hall–Kier alpha value is -2.99. The Bertz CT molecular complexity index is 984. The van der Waals surface area contributed by atoms with Crippen LogP contribution in [0.2, 0.25) is 0 Å². The standard InChI is InChI=1S/C20H19N3O3/c24-19(13-23-14-21-17-9-5-4-8-16(17)20(23)25)22-10-11-26-18(12-22)15-6-2-1-3-7-15/h1-9,14,18H,10-13H2/t18-/m1/s1. The molecule has 6 nitrogen and oxygen atoms in total. The van der Waals surface area contributed by atoms with Crippen LogP contribution in [0.1, 0.15) is 11.7 Å². The molecule has 6 heteroatoms. The van der Waals surface area contributed by atoms with Crippen molar-refractivity contribution in [2.24, 2.45) is 0 Å². The van der Waals surface area contributed by atoms with Gasteiger partial charge < -0.3 is 9.64 Å². The van der Waals surface area contributed by atoms with Gasteiger partial charge in [-0.15, -0.1) is 0 Å². The number of benzene rings is 2. The predicted molar refractivity (Wildman–Crippen MR) is 97.7 cm³/mol. The minimum absolute atomic E-state index is 0.0157. The van der Waals surface area contributed by atoms with Crippen molar-refractivity contribution in [3.05, 3.63) is 76.8 Å². The number of ether oxygens (including phenoxy) is 1. The Morgan fingerprint density at radius 3 is 2.73 bits per heavy atom. The maximum atomic E-state index is 12.7. The molecule has 0 radical (unpaired) electrons. The van der Waals surface area contributed by atoms with Gasteiger partial charge in [0.25, 0.3) is 5.56 Å². The number of amides is 1. The summed E-state index contributed by atoms with van der Waals surface area (Å²) in [6, 6.07) is 17.0. The molecular weight excluding hydrogens is 330 g/mol. The highest BCUT2D eigenvalue weighted by atomic mass is 16.5. The number of carbonyl (C=O) groups excluding carboxylic acids is 1. The van der Waals surface area contributed by atoms with Crippen molar-refractivity contribution in [2.45, 2.75) is 12.6 Å². The van der Waals surface area contributed by atoms with E-state index in [1.807, 2.05) is 36.4 Å². The number of carbonyl (C=O) groups is 1. The molecule has 2 aromatic carbocycles. The Morgan fingerprint density at radius 2 is 1.88 bits per heavy atom. The lowest BCUT2D eigenvalue weighted by Gasteiger charge is -2.33. The van der Waals surface area contributed by atoms with Crippen LogP contribution in [0.4, 0.5) is 0 Å². The van der Waals surface area contributed by atoms with E-state index in [4.69, 9.17) is 4.74 Å². The molecule has 2 heterocycles. The van der Waals surface area contributed by atoms with Gasteiger partial charge in [-0.1, -0.05) is 42.5 Å². The van der Waals surface area contributed by atoms with Gasteiger partial charge in [-0.05, 0) is 17.7 Å². The summed E-state index contributed by atoms with van der Waals surface area (Å²) in [5.74, 6) is -0.103. The molecule has 0 N–H and O–H groups in total. The number of nitrogens with zero attached hydrogens (tertiary/aromatic N) is 3. The molecule has 0 saturated carbocycles. The highest BCUT2D eigenvalue weighted by molar-refractivity contribution is 5.79. The highest BCUT2D eigenvalue weighted by Crippen LogP contribution is 2.22. The molecule has 3 aromatic rings. The molecule has 4 rings (SSSR count). The van der Waals surface area contributed by atoms with E-state index in [0.717, 1.165) is 5.56 Å². The molecule has 1 amide bonds. The molecule has 1 aliphatic rings. The second-order valence-corrected chi connectivity index (χ2v) is 6.30. The molecule has 0 spiro atoms. The van der Waals surface area contributed by atoms with E-state index >= 15 is 0 Å². The van der Waals surface area contributed by atoms with Crippen LogP contribution in [0.25, 0.3) is 10.9 Å². The first-order valence-corrected chi connectivity index (χ1v) is 8.61. The smallest absolute Gasteiger partial charge is 0.261 e. The first-order valence-electron chi connectivity index (χ1n) is 8.61. The van der Waals surface area contributed by atoms with Crippen LogP contribution in [-0.4, -0.2) is 40.1 Å². The lowest BCUT2D eigenvalue weighted by molar-refractivity contribution is -0.139. The van der Waals surface area contributed by atoms with Crippen LogP contribution in [0, 0.1) is 0 Å². The predicted octanol–water partition coefficient (Wildman–Crippen LogP) is 2.00. The van der Waals surface area contributed by atoms with E-state index in [0.29, 0.717) is 30.6 Å². The first-order chi connectivity index (χ1) is 12.7. The summed E-state index contributed by atoms with van der Waals surface area (Å²) >= 11 is 0. The van der Waals surface area contributed by atoms with Crippen molar-refractivity contribution in [1.82, 2.24) is 14.5 Å². The Balaban J connectivity index is 1.51. The van der Waals surface area contributed by atoms with Crippen LogP contribution in [0.15, 0.2) is 65.7 Å². The minimum Gasteiger partial charge on any atom is -0.370 e. The van der Waals surface area contributed by atoms with E-state index in [1.165, 1.54) is 10.9 Å². The lowest BCUT2D eigenvalue weighted by atomic mass is 10.1. The fourth-order valence-corrected chi connectivity index (χ4v) is 3.21. The normalized spacial score (nSPS) is 17.4. The van der Waals surface area contributed by atoms with Crippen molar-refractivity contribution in [2.75, 3.05) is 19.7 Å². The molecule has 0 unspecified atom stereocenters. The molecule has 26 heavy (non-hydrogen) atoms. The van der Waals surface area contributed by atoms with Gasteiger partial charge in [-0.25, -0.2) is 4.98 Å². The number of rotatable bonds is 3. The van der Waals surface area contributed by atoms with Gasteiger partial charge in [0.05, 0.1) is 30.4 Å². The number of hydrogen-bond acceptors (Lipinski definition) is 4. The third-order valence-corrected chi connectivity index (χ3v) is 4.63. The van der Waals surface area contributed by atoms with Crippen molar-refractivity contribution in [3.63, 3.8) is 0 Å². The van der Waals surface area contributed by atoms with Crippen LogP contribution >= 0.6 is 0 Å². The van der Waals surface area contributed by atoms with Crippen LogP contribution < -0.4 is 5.56 Å². The summed E-state index contributed by atoms with van der Waals surface area (Å²) in [5, 5.41) is 0.520. The van der Waals surface area contributed by atoms with E-state index in [9.17, 15) is 9.59 Å². The molecule has 1 atom stereocenters. The van der Waals surface area contributed by atoms with Crippen LogP contribution in [0.5, 0.6) is 0 Å². The van der Waals surface area contributed by atoms with Crippen LogP contribution in [-0.2, 0) is 16.1 Å². The van der Waals surface area contributed by atoms with Crippen molar-refractivity contribution >= 4 is 16.8 Å². The maximum Gasteiger partial charge on any atom is 0.261 e. The number of para-hydroxylation sites is 1. The number of aromatic nitrogens is 2. The Morgan fingerprint density at radius 1 is 1.12 bits per heavy atom. The molecule has 132 valence electrons. The fraction of sp³-hybridized carbons (Fsp3) is 0.250. The second kappa shape index (κ2) is 7.09. The van der Waals surface area contributed by atoms with E-state index < -0.39 is 0 Å². The number of fused-ring (bicyclic) bond motifs is 1. The summed E-state index contributed by atoms with van der Waals surface area (Å²) in [6.07, 6.45) is 1.30. The maximum absolute atomic E-state index is 12.7. The third kappa shape index (κ3) is 3.23. The molecule has 1 aliphatic heterocycles. The first kappa shape index (κ1) is 16.5. The van der Waals surface area contributed by atoms with E-state index in [1.54, 1.807) is 23.1 Å². The summed E-state index contributed by atoms with van der Waals surface area (Å²) < 4.78 is 7.17. The zero-order chi connectivity index (χ0) is 17.9. The van der Waals surface area contributed by atoms with Crippen molar-refractivity contribution in [1.29, 1.82) is 0 Å². The second-order valence-electron chi connectivity index (χ2n) is 6.30. The van der Waals surface area contributed by atoms with Crippen molar-refractivity contribution in [3.8, 4) is 0 Å². The highest BCUT2D eigenvalue weighted by Gasteiger charge is 2.25. The summed E-state index contributed by atoms with van der Waals surface area (Å²) in [6.45, 7) is 1.48. The van der Waals surface area contributed by atoms with Gasteiger partial charge in [0.1, 0.15) is 12.6 Å². The minimum atomic E-state index is -0.197. The van der Waals surface area contributed by atoms with Gasteiger partial charge in [-0.3, -0.25) is 14.2 Å². The fourth-order valence-electron chi connectivity index (χ4n) is 3.21. The van der Waals surface area contributed by atoms with Gasteiger partial charge in [0, 0.05) is 6.54 Å². The molecule has 1 fully saturated rings. The Kier molecular flexibility index (Phi) is 4.50. The number of morpholine rings is 1. The lowest BCUT2D eigenvalue weighted by Crippen LogP contribution is -2.44. The van der Waals surface area contributed by atoms with Crippen molar-refractivity contribution < 1.29 is 9.53 Å². The third-order valence-electron chi connectivity index (χ3n) is 4.63. The average molecular weight is 349 g/mol.